The van der Waals surface area contributed by atoms with Crippen LogP contribution in [0.2, 0.25) is 0 Å². The van der Waals surface area contributed by atoms with Crippen LogP contribution in [0, 0.1) is 12.8 Å². The molecule has 0 saturated heterocycles. The maximum atomic E-state index is 5.91. The van der Waals surface area contributed by atoms with Crippen molar-refractivity contribution in [2.75, 3.05) is 6.54 Å². The summed E-state index contributed by atoms with van der Waals surface area (Å²) in [6.45, 7) is 2.63. The molecule has 0 aliphatic heterocycles. The molecule has 0 radical (unpaired) electrons. The fourth-order valence-corrected chi connectivity index (χ4v) is 2.44. The molecule has 0 saturated carbocycles. The Balaban J connectivity index is 1.95. The fraction of sp³-hybridized carbons (Fsp3) is 0.462. The average Bonchev–Trinajstić information content (AvgIpc) is 2.93. The topological polar surface area (TPSA) is 65.2 Å². The minimum absolute atomic E-state index is 0.560. The molecular formula is C13H16N2O2. The van der Waals surface area contributed by atoms with Gasteiger partial charge in [0.25, 0.3) is 0 Å². The molecular weight excluding hydrogens is 216 g/mol. The molecule has 2 aromatic rings. The van der Waals surface area contributed by atoms with E-state index in [1.807, 2.05) is 6.92 Å². The van der Waals surface area contributed by atoms with Crippen LogP contribution in [0.4, 0.5) is 0 Å². The van der Waals surface area contributed by atoms with Gasteiger partial charge in [0.15, 0.2) is 0 Å². The van der Waals surface area contributed by atoms with Crippen molar-refractivity contribution >= 4 is 0 Å². The molecule has 0 aromatic carbocycles. The summed E-state index contributed by atoms with van der Waals surface area (Å²) in [7, 11) is 0. The summed E-state index contributed by atoms with van der Waals surface area (Å²) in [5.74, 6) is 3.31. The maximum Gasteiger partial charge on any atom is 0.144 e. The predicted octanol–water partition coefficient (Wildman–Crippen LogP) is 2.31. The van der Waals surface area contributed by atoms with Gasteiger partial charge in [0.2, 0.25) is 0 Å². The molecule has 0 fully saturated rings. The van der Waals surface area contributed by atoms with Gasteiger partial charge in [-0.1, -0.05) is 5.16 Å². The van der Waals surface area contributed by atoms with Gasteiger partial charge >= 0.3 is 0 Å². The number of fused-ring (bicyclic) bond motifs is 1. The molecule has 0 amide bonds. The number of aryl methyl sites for hydroxylation is 2. The molecule has 2 heterocycles. The number of rotatable bonds is 2. The molecule has 0 spiro atoms. The van der Waals surface area contributed by atoms with Gasteiger partial charge in [0.05, 0.1) is 11.8 Å². The average molecular weight is 232 g/mol. The summed E-state index contributed by atoms with van der Waals surface area (Å²) in [4.78, 5) is 0. The Morgan fingerprint density at radius 3 is 3.12 bits per heavy atom. The molecule has 2 N–H and O–H groups in total. The molecule has 1 aliphatic rings. The first kappa shape index (κ1) is 10.6. The van der Waals surface area contributed by atoms with E-state index in [0.29, 0.717) is 5.92 Å². The summed E-state index contributed by atoms with van der Waals surface area (Å²) in [5, 5.41) is 3.78. The Bertz CT molecular complexity index is 527. The van der Waals surface area contributed by atoms with E-state index in [4.69, 9.17) is 14.7 Å². The second kappa shape index (κ2) is 4.04. The summed E-state index contributed by atoms with van der Waals surface area (Å²) < 4.78 is 11.0. The standard InChI is InChI=1S/C13H16N2O2/c1-8-11(7-15-17-8)13-5-10-3-2-9(6-14)4-12(10)16-13/h5,7,9H,2-4,6,14H2,1H3. The highest BCUT2D eigenvalue weighted by Gasteiger charge is 2.23. The van der Waals surface area contributed by atoms with Crippen LogP contribution in [0.3, 0.4) is 0 Å². The van der Waals surface area contributed by atoms with Gasteiger partial charge in [-0.3, -0.25) is 0 Å². The second-order valence-electron chi connectivity index (χ2n) is 4.70. The van der Waals surface area contributed by atoms with Crippen LogP contribution in [-0.4, -0.2) is 11.7 Å². The Morgan fingerprint density at radius 1 is 1.53 bits per heavy atom. The first-order chi connectivity index (χ1) is 8.28. The van der Waals surface area contributed by atoms with Crippen molar-refractivity contribution < 1.29 is 8.94 Å². The molecule has 2 aromatic heterocycles. The number of hydrogen-bond acceptors (Lipinski definition) is 4. The number of nitrogens with two attached hydrogens (primary N) is 1. The van der Waals surface area contributed by atoms with Crippen LogP contribution in [0.5, 0.6) is 0 Å². The van der Waals surface area contributed by atoms with Crippen molar-refractivity contribution in [2.45, 2.75) is 26.2 Å². The van der Waals surface area contributed by atoms with Crippen LogP contribution in [0.15, 0.2) is 21.2 Å². The van der Waals surface area contributed by atoms with E-state index in [0.717, 1.165) is 48.7 Å². The van der Waals surface area contributed by atoms with Crippen molar-refractivity contribution in [2.24, 2.45) is 11.7 Å². The fourth-order valence-electron chi connectivity index (χ4n) is 2.44. The van der Waals surface area contributed by atoms with E-state index >= 15 is 0 Å². The third-order valence-corrected chi connectivity index (χ3v) is 3.54. The first-order valence-corrected chi connectivity index (χ1v) is 6.01. The lowest BCUT2D eigenvalue weighted by atomic mass is 9.88. The first-order valence-electron chi connectivity index (χ1n) is 6.01. The van der Waals surface area contributed by atoms with Gasteiger partial charge in [-0.15, -0.1) is 0 Å². The maximum absolute atomic E-state index is 5.91. The summed E-state index contributed by atoms with van der Waals surface area (Å²) in [6.07, 6.45) is 4.88. The highest BCUT2D eigenvalue weighted by molar-refractivity contribution is 5.59. The van der Waals surface area contributed by atoms with E-state index in [-0.39, 0.29) is 0 Å². The van der Waals surface area contributed by atoms with E-state index in [9.17, 15) is 0 Å². The molecule has 1 atom stereocenters. The van der Waals surface area contributed by atoms with Gasteiger partial charge < -0.3 is 14.7 Å². The zero-order valence-electron chi connectivity index (χ0n) is 9.90. The van der Waals surface area contributed by atoms with E-state index in [1.165, 1.54) is 5.56 Å². The highest BCUT2D eigenvalue weighted by Crippen LogP contribution is 2.33. The zero-order chi connectivity index (χ0) is 11.8. The highest BCUT2D eigenvalue weighted by atomic mass is 16.5. The normalized spacial score (nSPS) is 19.3. The van der Waals surface area contributed by atoms with E-state index in [2.05, 4.69) is 11.2 Å². The smallest absolute Gasteiger partial charge is 0.144 e. The van der Waals surface area contributed by atoms with Gasteiger partial charge in [-0.05, 0) is 43.9 Å². The molecule has 0 bridgehead atoms. The Morgan fingerprint density at radius 2 is 2.41 bits per heavy atom. The lowest BCUT2D eigenvalue weighted by molar-refractivity contribution is 0.394. The van der Waals surface area contributed by atoms with Gasteiger partial charge in [-0.2, -0.15) is 0 Å². The number of hydrogen-bond donors (Lipinski definition) is 1. The van der Waals surface area contributed by atoms with E-state index < -0.39 is 0 Å². The molecule has 17 heavy (non-hydrogen) atoms. The van der Waals surface area contributed by atoms with Crippen LogP contribution < -0.4 is 5.73 Å². The Hall–Kier alpha value is -1.55. The molecule has 4 heteroatoms. The zero-order valence-corrected chi connectivity index (χ0v) is 9.90. The third-order valence-electron chi connectivity index (χ3n) is 3.54. The van der Waals surface area contributed by atoms with Crippen LogP contribution >= 0.6 is 0 Å². The largest absolute Gasteiger partial charge is 0.461 e. The van der Waals surface area contributed by atoms with Crippen LogP contribution in [0.25, 0.3) is 11.3 Å². The number of aromatic nitrogens is 1. The van der Waals surface area contributed by atoms with Gasteiger partial charge in [-0.25, -0.2) is 0 Å². The molecule has 3 rings (SSSR count). The Labute approximate surface area is 99.8 Å². The summed E-state index contributed by atoms with van der Waals surface area (Å²) >= 11 is 0. The number of furan rings is 1. The van der Waals surface area contributed by atoms with Crippen molar-refractivity contribution in [3.05, 3.63) is 29.3 Å². The molecule has 90 valence electrons. The third kappa shape index (κ3) is 1.78. The minimum Gasteiger partial charge on any atom is -0.461 e. The minimum atomic E-state index is 0.560. The molecule has 1 aliphatic carbocycles. The van der Waals surface area contributed by atoms with Gasteiger partial charge in [0.1, 0.15) is 17.3 Å². The van der Waals surface area contributed by atoms with E-state index in [1.54, 1.807) is 6.20 Å². The van der Waals surface area contributed by atoms with Crippen molar-refractivity contribution in [1.29, 1.82) is 0 Å². The van der Waals surface area contributed by atoms with Gasteiger partial charge in [0, 0.05) is 6.42 Å². The van der Waals surface area contributed by atoms with Crippen LogP contribution in [0.1, 0.15) is 23.5 Å². The van der Waals surface area contributed by atoms with Crippen molar-refractivity contribution in [3.8, 4) is 11.3 Å². The number of nitrogens with zero attached hydrogens (tertiary/aromatic N) is 1. The van der Waals surface area contributed by atoms with Crippen molar-refractivity contribution in [3.63, 3.8) is 0 Å². The predicted molar refractivity (Wildman–Crippen MR) is 63.5 cm³/mol. The summed E-state index contributed by atoms with van der Waals surface area (Å²) in [6, 6.07) is 2.11. The SMILES string of the molecule is Cc1oncc1-c1cc2c(o1)CC(CN)CC2. The lowest BCUT2D eigenvalue weighted by Gasteiger charge is -2.18. The summed E-state index contributed by atoms with van der Waals surface area (Å²) in [5.41, 5.74) is 7.98. The lowest BCUT2D eigenvalue weighted by Crippen LogP contribution is -2.21. The van der Waals surface area contributed by atoms with Crippen molar-refractivity contribution in [1.82, 2.24) is 5.16 Å². The quantitative estimate of drug-likeness (QED) is 0.862. The Kier molecular flexibility index (Phi) is 2.52. The van der Waals surface area contributed by atoms with Crippen LogP contribution in [-0.2, 0) is 12.8 Å². The molecule has 1 unspecified atom stereocenters. The monoisotopic (exact) mass is 232 g/mol. The molecule has 4 nitrogen and oxygen atoms in total. The second-order valence-corrected chi connectivity index (χ2v) is 4.70.